The van der Waals surface area contributed by atoms with Crippen molar-refractivity contribution in [2.24, 2.45) is 0 Å². The van der Waals surface area contributed by atoms with Crippen LogP contribution in [-0.2, 0) is 4.79 Å². The van der Waals surface area contributed by atoms with Gasteiger partial charge in [-0.1, -0.05) is 23.4 Å². The Bertz CT molecular complexity index is 851. The maximum absolute atomic E-state index is 12.3. The highest BCUT2D eigenvalue weighted by Crippen LogP contribution is 2.29. The van der Waals surface area contributed by atoms with Crippen molar-refractivity contribution < 1.29 is 9.53 Å². The normalized spacial score (nSPS) is 14.8. The predicted octanol–water partition coefficient (Wildman–Crippen LogP) is 5.53. The first-order chi connectivity index (χ1) is 16.6. The summed E-state index contributed by atoms with van der Waals surface area (Å²) in [4.78, 5) is 21.4. The van der Waals surface area contributed by atoms with Crippen molar-refractivity contribution in [2.75, 3.05) is 59.0 Å². The number of hydrogen-bond donors (Lipinski definition) is 0. The SMILES string of the molecule is CCN(CC)C(=O)CN1CCN(CCCCCOc2ccc(Sc3ccc(Cl)cc3)cc2)CC1. The zero-order valence-corrected chi connectivity index (χ0v) is 22.1. The Morgan fingerprint density at radius 1 is 0.882 bits per heavy atom. The van der Waals surface area contributed by atoms with Gasteiger partial charge in [-0.05, 0) is 88.2 Å². The van der Waals surface area contributed by atoms with Crippen LogP contribution in [-0.4, -0.2) is 79.6 Å². The van der Waals surface area contributed by atoms with Crippen LogP contribution in [0, 0.1) is 0 Å². The molecule has 0 N–H and O–H groups in total. The highest BCUT2D eigenvalue weighted by molar-refractivity contribution is 7.99. The van der Waals surface area contributed by atoms with E-state index in [0.29, 0.717) is 6.54 Å². The molecule has 7 heteroatoms. The molecule has 1 aliphatic heterocycles. The Labute approximate surface area is 214 Å². The first-order valence-corrected chi connectivity index (χ1v) is 13.7. The minimum atomic E-state index is 0.258. The molecular formula is C27H38ClN3O2S. The lowest BCUT2D eigenvalue weighted by molar-refractivity contribution is -0.132. The first kappa shape index (κ1) is 26.9. The molecule has 0 aliphatic carbocycles. The number of nitrogens with zero attached hydrogens (tertiary/aromatic N) is 3. The van der Waals surface area contributed by atoms with E-state index in [9.17, 15) is 4.79 Å². The van der Waals surface area contributed by atoms with E-state index in [1.54, 1.807) is 11.8 Å². The van der Waals surface area contributed by atoms with Crippen LogP contribution in [0.5, 0.6) is 5.75 Å². The third kappa shape index (κ3) is 9.14. The van der Waals surface area contributed by atoms with Gasteiger partial charge >= 0.3 is 0 Å². The topological polar surface area (TPSA) is 36.0 Å². The van der Waals surface area contributed by atoms with E-state index < -0.39 is 0 Å². The molecule has 34 heavy (non-hydrogen) atoms. The molecule has 5 nitrogen and oxygen atoms in total. The quantitative estimate of drug-likeness (QED) is 0.336. The monoisotopic (exact) mass is 503 g/mol. The van der Waals surface area contributed by atoms with Crippen molar-refractivity contribution in [2.45, 2.75) is 42.9 Å². The van der Waals surface area contributed by atoms with Crippen LogP contribution < -0.4 is 4.74 Å². The molecule has 0 radical (unpaired) electrons. The zero-order chi connectivity index (χ0) is 24.2. The van der Waals surface area contributed by atoms with Gasteiger partial charge < -0.3 is 14.5 Å². The summed E-state index contributed by atoms with van der Waals surface area (Å²) in [6.45, 7) is 12.2. The van der Waals surface area contributed by atoms with Gasteiger partial charge in [0.25, 0.3) is 0 Å². The Morgan fingerprint density at radius 3 is 2.09 bits per heavy atom. The molecule has 1 aliphatic rings. The Balaban J connectivity index is 1.23. The van der Waals surface area contributed by atoms with Crippen molar-refractivity contribution in [1.82, 2.24) is 14.7 Å². The third-order valence-corrected chi connectivity index (χ3v) is 7.47. The molecule has 186 valence electrons. The molecule has 1 saturated heterocycles. The van der Waals surface area contributed by atoms with Gasteiger partial charge in [0, 0.05) is 54.1 Å². The van der Waals surface area contributed by atoms with Crippen LogP contribution in [0.15, 0.2) is 58.3 Å². The van der Waals surface area contributed by atoms with E-state index in [2.05, 4.69) is 21.9 Å². The number of rotatable bonds is 13. The summed E-state index contributed by atoms with van der Waals surface area (Å²) in [7, 11) is 0. The van der Waals surface area contributed by atoms with Crippen LogP contribution in [0.3, 0.4) is 0 Å². The lowest BCUT2D eigenvalue weighted by atomic mass is 10.2. The molecule has 0 aromatic heterocycles. The highest BCUT2D eigenvalue weighted by atomic mass is 35.5. The van der Waals surface area contributed by atoms with E-state index >= 15 is 0 Å². The van der Waals surface area contributed by atoms with Crippen molar-refractivity contribution >= 4 is 29.3 Å². The number of benzene rings is 2. The number of halogens is 1. The lowest BCUT2D eigenvalue weighted by Crippen LogP contribution is -2.50. The summed E-state index contributed by atoms with van der Waals surface area (Å²) in [5.74, 6) is 1.18. The molecule has 0 saturated carbocycles. The fourth-order valence-electron chi connectivity index (χ4n) is 4.09. The first-order valence-electron chi connectivity index (χ1n) is 12.5. The molecule has 3 rings (SSSR count). The van der Waals surface area contributed by atoms with Gasteiger partial charge in [0.1, 0.15) is 5.75 Å². The second kappa shape index (κ2) is 14.6. The summed E-state index contributed by atoms with van der Waals surface area (Å²) < 4.78 is 5.92. The summed E-state index contributed by atoms with van der Waals surface area (Å²) in [6.07, 6.45) is 3.43. The minimum absolute atomic E-state index is 0.258. The fourth-order valence-corrected chi connectivity index (χ4v) is 5.03. The van der Waals surface area contributed by atoms with Crippen LogP contribution in [0.4, 0.5) is 0 Å². The number of hydrogen-bond acceptors (Lipinski definition) is 5. The van der Waals surface area contributed by atoms with Crippen LogP contribution >= 0.6 is 23.4 Å². The average Bonchev–Trinajstić information content (AvgIpc) is 2.85. The van der Waals surface area contributed by atoms with Gasteiger partial charge in [0.05, 0.1) is 13.2 Å². The number of unbranched alkanes of at least 4 members (excludes halogenated alkanes) is 2. The third-order valence-electron chi connectivity index (χ3n) is 6.20. The molecule has 2 aromatic rings. The van der Waals surface area contributed by atoms with E-state index in [1.165, 1.54) is 22.6 Å². The zero-order valence-electron chi connectivity index (χ0n) is 20.5. The van der Waals surface area contributed by atoms with Crippen LogP contribution in [0.25, 0.3) is 0 Å². The maximum Gasteiger partial charge on any atom is 0.236 e. The molecule has 0 unspecified atom stereocenters. The Hall–Kier alpha value is -1.73. The smallest absolute Gasteiger partial charge is 0.236 e. The number of ether oxygens (including phenoxy) is 1. The number of amides is 1. The van der Waals surface area contributed by atoms with Gasteiger partial charge in [-0.3, -0.25) is 9.69 Å². The number of piperazine rings is 1. The number of likely N-dealkylation sites (N-methyl/N-ethyl adjacent to an activating group) is 1. The van der Waals surface area contributed by atoms with Gasteiger partial charge in [-0.15, -0.1) is 0 Å². The number of carbonyl (C=O) groups is 1. The number of carbonyl (C=O) groups excluding carboxylic acids is 1. The molecule has 1 fully saturated rings. The van der Waals surface area contributed by atoms with Gasteiger partial charge in [-0.2, -0.15) is 0 Å². The van der Waals surface area contributed by atoms with Crippen molar-refractivity contribution in [3.63, 3.8) is 0 Å². The maximum atomic E-state index is 12.3. The van der Waals surface area contributed by atoms with Crippen LogP contribution in [0.2, 0.25) is 5.02 Å². The highest BCUT2D eigenvalue weighted by Gasteiger charge is 2.20. The summed E-state index contributed by atoms with van der Waals surface area (Å²) in [5, 5.41) is 0.759. The Morgan fingerprint density at radius 2 is 1.47 bits per heavy atom. The van der Waals surface area contributed by atoms with Crippen molar-refractivity contribution in [3.8, 4) is 5.75 Å². The van der Waals surface area contributed by atoms with Gasteiger partial charge in [0.2, 0.25) is 5.91 Å². The standard InChI is InChI=1S/C27H38ClN3O2S/c1-3-31(4-2)27(32)22-30-19-17-29(18-20-30)16-6-5-7-21-33-24-10-14-26(15-11-24)34-25-12-8-23(28)9-13-25/h8-15H,3-7,16-22H2,1-2H3. The van der Waals surface area contributed by atoms with E-state index in [-0.39, 0.29) is 5.91 Å². The molecule has 0 atom stereocenters. The molecule has 2 aromatic carbocycles. The lowest BCUT2D eigenvalue weighted by Gasteiger charge is -2.35. The second-order valence-electron chi connectivity index (χ2n) is 8.62. The van der Waals surface area contributed by atoms with Crippen molar-refractivity contribution in [3.05, 3.63) is 53.6 Å². The largest absolute Gasteiger partial charge is 0.494 e. The van der Waals surface area contributed by atoms with E-state index in [0.717, 1.165) is 69.6 Å². The minimum Gasteiger partial charge on any atom is -0.494 e. The molecule has 1 heterocycles. The summed E-state index contributed by atoms with van der Waals surface area (Å²) in [6, 6.07) is 16.2. The molecule has 1 amide bonds. The van der Waals surface area contributed by atoms with E-state index in [4.69, 9.17) is 16.3 Å². The summed E-state index contributed by atoms with van der Waals surface area (Å²) >= 11 is 7.67. The molecule has 0 spiro atoms. The van der Waals surface area contributed by atoms with Gasteiger partial charge in [0.15, 0.2) is 0 Å². The molecular weight excluding hydrogens is 466 g/mol. The Kier molecular flexibility index (Phi) is 11.6. The van der Waals surface area contributed by atoms with Crippen LogP contribution in [0.1, 0.15) is 33.1 Å². The van der Waals surface area contributed by atoms with Gasteiger partial charge in [-0.25, -0.2) is 0 Å². The fraction of sp³-hybridized carbons (Fsp3) is 0.519. The second-order valence-corrected chi connectivity index (χ2v) is 10.2. The summed E-state index contributed by atoms with van der Waals surface area (Å²) in [5.41, 5.74) is 0. The average molecular weight is 504 g/mol. The van der Waals surface area contributed by atoms with Crippen molar-refractivity contribution in [1.29, 1.82) is 0 Å². The molecule has 0 bridgehead atoms. The predicted molar refractivity (Wildman–Crippen MR) is 142 cm³/mol. The van der Waals surface area contributed by atoms with E-state index in [1.807, 2.05) is 55.1 Å².